The molecular weight excluding hydrogens is 366 g/mol. The van der Waals surface area contributed by atoms with Crippen molar-refractivity contribution in [3.63, 3.8) is 0 Å². The van der Waals surface area contributed by atoms with Crippen LogP contribution in [-0.2, 0) is 14.8 Å². The van der Waals surface area contributed by atoms with Crippen molar-refractivity contribution in [2.75, 3.05) is 30.2 Å². The summed E-state index contributed by atoms with van der Waals surface area (Å²) in [5.74, 6) is 0.485. The number of sulfonamides is 1. The second-order valence-electron chi connectivity index (χ2n) is 5.94. The van der Waals surface area contributed by atoms with Gasteiger partial charge in [-0.2, -0.15) is 0 Å². The molecule has 0 saturated carbocycles. The van der Waals surface area contributed by atoms with Crippen molar-refractivity contribution >= 4 is 27.3 Å². The summed E-state index contributed by atoms with van der Waals surface area (Å²) in [4.78, 5) is 12.0. The van der Waals surface area contributed by atoms with Crippen LogP contribution in [-0.4, -0.2) is 34.5 Å². The molecule has 2 aromatic rings. The minimum absolute atomic E-state index is 0.114. The van der Waals surface area contributed by atoms with E-state index in [4.69, 9.17) is 4.74 Å². The monoisotopic (exact) mass is 391 g/mol. The van der Waals surface area contributed by atoms with Crippen LogP contribution in [0.5, 0.6) is 5.75 Å². The number of carbonyl (C=O) groups is 1. The van der Waals surface area contributed by atoms with Crippen molar-refractivity contribution in [3.8, 4) is 5.75 Å². The molecule has 0 aliphatic rings. The van der Waals surface area contributed by atoms with Crippen molar-refractivity contribution in [1.29, 1.82) is 0 Å². The lowest BCUT2D eigenvalue weighted by molar-refractivity contribution is -0.116. The Morgan fingerprint density at radius 3 is 2.37 bits per heavy atom. The normalized spacial score (nSPS) is 11.1. The molecule has 0 aliphatic carbocycles. The number of hydrogen-bond acceptors (Lipinski definition) is 5. The molecule has 0 saturated heterocycles. The number of amides is 1. The van der Waals surface area contributed by atoms with E-state index in [1.54, 1.807) is 50.4 Å². The van der Waals surface area contributed by atoms with Crippen LogP contribution in [0, 0.1) is 6.92 Å². The molecular formula is C19H25N3O4S. The number of aryl methyl sites for hydroxylation is 1. The predicted octanol–water partition coefficient (Wildman–Crippen LogP) is 2.74. The molecule has 0 fully saturated rings. The smallest absolute Gasteiger partial charge is 0.262 e. The van der Waals surface area contributed by atoms with E-state index in [2.05, 4.69) is 15.4 Å². The maximum atomic E-state index is 12.8. The molecule has 146 valence electrons. The lowest BCUT2D eigenvalue weighted by atomic mass is 10.2. The molecule has 27 heavy (non-hydrogen) atoms. The first-order chi connectivity index (χ1) is 12.9. The predicted molar refractivity (Wildman–Crippen MR) is 107 cm³/mol. The zero-order valence-corrected chi connectivity index (χ0v) is 16.5. The first kappa shape index (κ1) is 20.7. The van der Waals surface area contributed by atoms with E-state index in [0.29, 0.717) is 42.3 Å². The Morgan fingerprint density at radius 2 is 1.74 bits per heavy atom. The molecule has 0 spiro atoms. The lowest BCUT2D eigenvalue weighted by Gasteiger charge is -2.13. The summed E-state index contributed by atoms with van der Waals surface area (Å²) in [6.07, 6.45) is 0.302. The summed E-state index contributed by atoms with van der Waals surface area (Å²) < 4.78 is 33.5. The van der Waals surface area contributed by atoms with Gasteiger partial charge in [-0.05, 0) is 62.9 Å². The zero-order valence-electron chi connectivity index (χ0n) is 15.7. The topological polar surface area (TPSA) is 96.5 Å². The molecule has 1 amide bonds. The van der Waals surface area contributed by atoms with Gasteiger partial charge in [0, 0.05) is 24.3 Å². The quantitative estimate of drug-likeness (QED) is 0.611. The van der Waals surface area contributed by atoms with Crippen LogP contribution in [0.2, 0.25) is 0 Å². The largest absolute Gasteiger partial charge is 0.494 e. The molecule has 0 radical (unpaired) electrons. The van der Waals surface area contributed by atoms with Crippen LogP contribution in [0.25, 0.3) is 0 Å². The minimum Gasteiger partial charge on any atom is -0.494 e. The van der Waals surface area contributed by atoms with Crippen molar-refractivity contribution < 1.29 is 17.9 Å². The van der Waals surface area contributed by atoms with Gasteiger partial charge in [-0.15, -0.1) is 0 Å². The highest BCUT2D eigenvalue weighted by Gasteiger charge is 2.18. The number of ether oxygens (including phenoxy) is 1. The fourth-order valence-corrected chi connectivity index (χ4v) is 3.76. The average molecular weight is 391 g/mol. The number of carbonyl (C=O) groups excluding carboxylic acids is 1. The molecule has 0 unspecified atom stereocenters. The van der Waals surface area contributed by atoms with Crippen LogP contribution < -0.4 is 20.1 Å². The average Bonchev–Trinajstić information content (AvgIpc) is 2.63. The Kier molecular flexibility index (Phi) is 7.20. The number of hydrogen-bond donors (Lipinski definition) is 3. The summed E-state index contributed by atoms with van der Waals surface area (Å²) in [5.41, 5.74) is 1.46. The highest BCUT2D eigenvalue weighted by molar-refractivity contribution is 7.92. The molecule has 0 aromatic heterocycles. The Hall–Kier alpha value is -2.58. The van der Waals surface area contributed by atoms with Crippen LogP contribution in [0.3, 0.4) is 0 Å². The van der Waals surface area contributed by atoms with Gasteiger partial charge in [0.25, 0.3) is 10.0 Å². The van der Waals surface area contributed by atoms with E-state index >= 15 is 0 Å². The molecule has 3 N–H and O–H groups in total. The van der Waals surface area contributed by atoms with Crippen molar-refractivity contribution in [1.82, 2.24) is 5.32 Å². The third kappa shape index (κ3) is 5.97. The van der Waals surface area contributed by atoms with E-state index in [-0.39, 0.29) is 10.8 Å². The zero-order chi connectivity index (χ0) is 19.9. The van der Waals surface area contributed by atoms with Crippen LogP contribution in [0.1, 0.15) is 18.9 Å². The molecule has 8 heteroatoms. The second kappa shape index (κ2) is 9.38. The van der Waals surface area contributed by atoms with Crippen LogP contribution >= 0.6 is 0 Å². The Labute approximate surface area is 160 Å². The Morgan fingerprint density at radius 1 is 1.07 bits per heavy atom. The molecule has 0 atom stereocenters. The third-order valence-electron chi connectivity index (χ3n) is 3.78. The standard InChI is InChI=1S/C19H25N3O4S/c1-4-26-17-9-7-15(8-10-17)22-27(24,25)18-13-16(6-5-14(18)2)21-19(23)11-12-20-3/h5-10,13,20,22H,4,11-12H2,1-3H3,(H,21,23). The number of nitrogens with one attached hydrogen (secondary N) is 3. The summed E-state index contributed by atoms with van der Waals surface area (Å²) in [5, 5.41) is 5.61. The van der Waals surface area contributed by atoms with Gasteiger partial charge < -0.3 is 15.4 Å². The van der Waals surface area contributed by atoms with Gasteiger partial charge in [0.1, 0.15) is 5.75 Å². The van der Waals surface area contributed by atoms with Crippen molar-refractivity contribution in [2.45, 2.75) is 25.2 Å². The van der Waals surface area contributed by atoms with Gasteiger partial charge in [0.2, 0.25) is 5.91 Å². The van der Waals surface area contributed by atoms with E-state index in [1.165, 1.54) is 6.07 Å². The van der Waals surface area contributed by atoms with Crippen LogP contribution in [0.15, 0.2) is 47.4 Å². The SMILES string of the molecule is CCOc1ccc(NS(=O)(=O)c2cc(NC(=O)CCNC)ccc2C)cc1. The highest BCUT2D eigenvalue weighted by atomic mass is 32.2. The third-order valence-corrected chi connectivity index (χ3v) is 5.30. The van der Waals surface area contributed by atoms with Gasteiger partial charge in [0.05, 0.1) is 11.5 Å². The Bertz CT molecular complexity index is 880. The first-order valence-electron chi connectivity index (χ1n) is 8.66. The van der Waals surface area contributed by atoms with Gasteiger partial charge in [-0.25, -0.2) is 8.42 Å². The number of rotatable bonds is 9. The first-order valence-corrected chi connectivity index (χ1v) is 10.1. The van der Waals surface area contributed by atoms with Crippen molar-refractivity contribution in [3.05, 3.63) is 48.0 Å². The van der Waals surface area contributed by atoms with E-state index in [9.17, 15) is 13.2 Å². The Balaban J connectivity index is 2.19. The van der Waals surface area contributed by atoms with Gasteiger partial charge in [0.15, 0.2) is 0 Å². The molecule has 2 rings (SSSR count). The van der Waals surface area contributed by atoms with E-state index in [0.717, 1.165) is 0 Å². The van der Waals surface area contributed by atoms with Crippen LogP contribution in [0.4, 0.5) is 11.4 Å². The molecule has 0 aliphatic heterocycles. The molecule has 0 bridgehead atoms. The summed E-state index contributed by atoms with van der Waals surface area (Å²) in [7, 11) is -2.04. The van der Waals surface area contributed by atoms with Gasteiger partial charge >= 0.3 is 0 Å². The maximum Gasteiger partial charge on any atom is 0.262 e. The van der Waals surface area contributed by atoms with Gasteiger partial charge in [-0.3, -0.25) is 9.52 Å². The molecule has 2 aromatic carbocycles. The molecule has 0 heterocycles. The lowest BCUT2D eigenvalue weighted by Crippen LogP contribution is -2.19. The fourth-order valence-electron chi connectivity index (χ4n) is 2.43. The van der Waals surface area contributed by atoms with E-state index < -0.39 is 10.0 Å². The number of anilines is 2. The maximum absolute atomic E-state index is 12.8. The van der Waals surface area contributed by atoms with Gasteiger partial charge in [-0.1, -0.05) is 6.07 Å². The summed E-state index contributed by atoms with van der Waals surface area (Å²) in [6, 6.07) is 11.5. The second-order valence-corrected chi connectivity index (χ2v) is 7.60. The fraction of sp³-hybridized carbons (Fsp3) is 0.316. The van der Waals surface area contributed by atoms with Crippen molar-refractivity contribution in [2.24, 2.45) is 0 Å². The minimum atomic E-state index is -3.80. The summed E-state index contributed by atoms with van der Waals surface area (Å²) >= 11 is 0. The number of benzene rings is 2. The molecule has 7 nitrogen and oxygen atoms in total. The summed E-state index contributed by atoms with van der Waals surface area (Å²) in [6.45, 7) is 4.67. The van der Waals surface area contributed by atoms with E-state index in [1.807, 2.05) is 6.92 Å². The highest BCUT2D eigenvalue weighted by Crippen LogP contribution is 2.24.